The molecule has 3 heterocycles. The van der Waals surface area contributed by atoms with Gasteiger partial charge in [-0.3, -0.25) is 0 Å². The van der Waals surface area contributed by atoms with E-state index in [-0.39, 0.29) is 17.7 Å². The van der Waals surface area contributed by atoms with Crippen molar-refractivity contribution in [1.29, 1.82) is 0 Å². The molecule has 9 nitrogen and oxygen atoms in total. The van der Waals surface area contributed by atoms with E-state index in [2.05, 4.69) is 15.3 Å². The third-order valence-corrected chi connectivity index (χ3v) is 7.12. The highest BCUT2D eigenvalue weighted by atomic mass is 19.1. The van der Waals surface area contributed by atoms with Crippen molar-refractivity contribution in [2.75, 3.05) is 45.8 Å². The van der Waals surface area contributed by atoms with Crippen LogP contribution in [-0.4, -0.2) is 66.5 Å². The van der Waals surface area contributed by atoms with Crippen LogP contribution < -0.4 is 19.5 Å². The molecule has 1 N–H and O–H groups in total. The number of likely N-dealkylation sites (tertiary alicyclic amines) is 1. The molecule has 1 saturated heterocycles. The first-order valence-electron chi connectivity index (χ1n) is 14.2. The molecule has 0 unspecified atom stereocenters. The van der Waals surface area contributed by atoms with E-state index < -0.39 is 24.1 Å². The summed E-state index contributed by atoms with van der Waals surface area (Å²) in [6.45, 7) is 3.18. The van der Waals surface area contributed by atoms with Crippen LogP contribution in [-0.2, 0) is 6.42 Å². The Morgan fingerprint density at radius 3 is 2.33 bits per heavy atom. The molecule has 2 aromatic carbocycles. The fourth-order valence-corrected chi connectivity index (χ4v) is 4.95. The lowest BCUT2D eigenvalue weighted by Crippen LogP contribution is -2.39. The summed E-state index contributed by atoms with van der Waals surface area (Å²) in [4.78, 5) is 15.5. The first kappa shape index (κ1) is 30.1. The molecule has 2 aromatic heterocycles. The molecule has 4 aromatic rings. The quantitative estimate of drug-likeness (QED) is 0.194. The van der Waals surface area contributed by atoms with E-state index in [0.29, 0.717) is 79.0 Å². The third kappa shape index (κ3) is 7.19. The Morgan fingerprint density at radius 2 is 1.70 bits per heavy atom. The van der Waals surface area contributed by atoms with Crippen LogP contribution in [0.25, 0.3) is 22.7 Å². The summed E-state index contributed by atoms with van der Waals surface area (Å²) in [6.07, 6.45) is 3.73. The number of hydrogen-bond acceptors (Lipinski definition) is 9. The molecule has 0 spiro atoms. The maximum atomic E-state index is 15.0. The van der Waals surface area contributed by atoms with Gasteiger partial charge >= 0.3 is 0 Å². The van der Waals surface area contributed by atoms with Crippen molar-refractivity contribution in [1.82, 2.24) is 19.9 Å². The Hall–Kier alpha value is -4.32. The van der Waals surface area contributed by atoms with E-state index in [0.717, 1.165) is 18.6 Å². The van der Waals surface area contributed by atoms with Crippen LogP contribution in [0.2, 0.25) is 0 Å². The lowest BCUT2D eigenvalue weighted by atomic mass is 10.1. The lowest BCUT2D eigenvalue weighted by molar-refractivity contribution is 0.0902. The van der Waals surface area contributed by atoms with E-state index in [1.54, 1.807) is 26.4 Å². The van der Waals surface area contributed by atoms with Crippen molar-refractivity contribution in [2.45, 2.75) is 38.7 Å². The largest absolute Gasteiger partial charge is 0.497 e. The predicted molar refractivity (Wildman–Crippen MR) is 156 cm³/mol. The summed E-state index contributed by atoms with van der Waals surface area (Å²) in [6, 6.07) is 9.34. The molecule has 0 radical (unpaired) electrons. The number of alkyl halides is 1. The van der Waals surface area contributed by atoms with E-state index in [9.17, 15) is 4.39 Å². The second kappa shape index (κ2) is 13.8. The normalized spacial score (nSPS) is 14.1. The summed E-state index contributed by atoms with van der Waals surface area (Å²) < 4.78 is 65.2. The molecule has 1 fully saturated rings. The molecule has 0 aliphatic carbocycles. The van der Waals surface area contributed by atoms with Crippen LogP contribution in [0.15, 0.2) is 47.0 Å². The molecule has 0 saturated carbocycles. The highest BCUT2D eigenvalue weighted by Crippen LogP contribution is 2.37. The van der Waals surface area contributed by atoms with Crippen LogP contribution in [0.5, 0.6) is 17.2 Å². The van der Waals surface area contributed by atoms with Crippen molar-refractivity contribution < 1.29 is 31.8 Å². The second-order valence-electron chi connectivity index (χ2n) is 10.1. The highest BCUT2D eigenvalue weighted by molar-refractivity contribution is 5.77. The van der Waals surface area contributed by atoms with Gasteiger partial charge in [0.1, 0.15) is 35.7 Å². The molecule has 1 aliphatic heterocycles. The smallest absolute Gasteiger partial charge is 0.227 e. The van der Waals surface area contributed by atoms with Crippen LogP contribution in [0.4, 0.5) is 24.8 Å². The number of aryl methyl sites for hydroxylation is 1. The molecular weight excluding hydrogens is 563 g/mol. The number of methoxy groups -OCH3 is 2. The van der Waals surface area contributed by atoms with Gasteiger partial charge in [0.2, 0.25) is 5.95 Å². The van der Waals surface area contributed by atoms with Gasteiger partial charge in [-0.2, -0.15) is 0 Å². The van der Waals surface area contributed by atoms with Gasteiger partial charge in [-0.1, -0.05) is 6.92 Å². The van der Waals surface area contributed by atoms with Gasteiger partial charge in [-0.05, 0) is 37.5 Å². The van der Waals surface area contributed by atoms with Crippen molar-refractivity contribution in [3.63, 3.8) is 0 Å². The topological polar surface area (TPSA) is 94.8 Å². The van der Waals surface area contributed by atoms with Crippen molar-refractivity contribution in [3.05, 3.63) is 60.1 Å². The SMILES string of the molecule is CCCc1nc(-c2cc(OC)cc(OC)c2)c(-c2ccnc(Nc3cc(F)c(OC4CCN(CCF)CC4)c(F)c3)n2)o1. The van der Waals surface area contributed by atoms with Crippen LogP contribution in [0.1, 0.15) is 32.1 Å². The number of ether oxygens (including phenoxy) is 3. The summed E-state index contributed by atoms with van der Waals surface area (Å²) in [7, 11) is 3.13. The molecule has 12 heteroatoms. The number of anilines is 2. The molecule has 0 bridgehead atoms. The number of nitrogens with zero attached hydrogens (tertiary/aromatic N) is 4. The van der Waals surface area contributed by atoms with Crippen molar-refractivity contribution in [2.24, 2.45) is 0 Å². The van der Waals surface area contributed by atoms with Crippen molar-refractivity contribution in [3.8, 4) is 40.0 Å². The minimum atomic E-state index is -0.849. The summed E-state index contributed by atoms with van der Waals surface area (Å²) >= 11 is 0. The maximum absolute atomic E-state index is 15.0. The van der Waals surface area contributed by atoms with Gasteiger partial charge in [0.15, 0.2) is 29.0 Å². The fraction of sp³-hybridized carbons (Fsp3) is 0.387. The average molecular weight is 598 g/mol. The highest BCUT2D eigenvalue weighted by Gasteiger charge is 2.24. The third-order valence-electron chi connectivity index (χ3n) is 7.12. The zero-order valence-electron chi connectivity index (χ0n) is 24.3. The second-order valence-corrected chi connectivity index (χ2v) is 10.1. The van der Waals surface area contributed by atoms with Crippen LogP contribution in [0, 0.1) is 11.6 Å². The van der Waals surface area contributed by atoms with Gasteiger partial charge in [0, 0.05) is 61.7 Å². The van der Waals surface area contributed by atoms with Gasteiger partial charge in [0.05, 0.1) is 14.2 Å². The van der Waals surface area contributed by atoms with E-state index in [4.69, 9.17) is 23.6 Å². The number of rotatable bonds is 12. The Bertz CT molecular complexity index is 1500. The number of oxazole rings is 1. The van der Waals surface area contributed by atoms with Crippen LogP contribution >= 0.6 is 0 Å². The molecule has 5 rings (SSSR count). The number of nitrogens with one attached hydrogen (secondary N) is 1. The number of piperidine rings is 1. The molecule has 43 heavy (non-hydrogen) atoms. The minimum Gasteiger partial charge on any atom is -0.497 e. The molecule has 1 aliphatic rings. The Kier molecular flexibility index (Phi) is 9.65. The Labute approximate surface area is 248 Å². The summed E-state index contributed by atoms with van der Waals surface area (Å²) in [5.74, 6) is 0.0869. The van der Waals surface area contributed by atoms with E-state index in [1.165, 1.54) is 6.20 Å². The zero-order valence-corrected chi connectivity index (χ0v) is 24.3. The summed E-state index contributed by atoms with van der Waals surface area (Å²) in [5.41, 5.74) is 1.78. The van der Waals surface area contributed by atoms with Gasteiger partial charge in [-0.15, -0.1) is 0 Å². The first-order valence-corrected chi connectivity index (χ1v) is 14.2. The Morgan fingerprint density at radius 1 is 1.00 bits per heavy atom. The van der Waals surface area contributed by atoms with Crippen molar-refractivity contribution >= 4 is 11.6 Å². The Balaban J connectivity index is 1.38. The number of halogens is 3. The predicted octanol–water partition coefficient (Wildman–Crippen LogP) is 6.60. The molecule has 228 valence electrons. The van der Waals surface area contributed by atoms with Crippen LogP contribution in [0.3, 0.4) is 0 Å². The molecule has 0 atom stereocenters. The van der Waals surface area contributed by atoms with Gasteiger partial charge < -0.3 is 28.8 Å². The lowest BCUT2D eigenvalue weighted by Gasteiger charge is -2.31. The monoisotopic (exact) mass is 597 g/mol. The molecular formula is C31H34F3N5O4. The minimum absolute atomic E-state index is 0.104. The fourth-order valence-electron chi connectivity index (χ4n) is 4.95. The first-order chi connectivity index (χ1) is 20.9. The van der Waals surface area contributed by atoms with Gasteiger partial charge in [0.25, 0.3) is 0 Å². The summed E-state index contributed by atoms with van der Waals surface area (Å²) in [5, 5.41) is 2.87. The molecule has 0 amide bonds. The number of benzene rings is 2. The average Bonchev–Trinajstić information content (AvgIpc) is 3.44. The zero-order chi connectivity index (χ0) is 30.3. The maximum Gasteiger partial charge on any atom is 0.227 e. The van der Waals surface area contributed by atoms with Gasteiger partial charge in [-0.25, -0.2) is 28.1 Å². The van der Waals surface area contributed by atoms with E-state index in [1.807, 2.05) is 24.0 Å². The number of hydrogen-bond donors (Lipinski definition) is 1. The van der Waals surface area contributed by atoms with E-state index >= 15 is 8.78 Å². The number of aromatic nitrogens is 3. The standard InChI is InChI=1S/C31H34F3N5O4/c1-4-5-27-38-28(19-14-22(40-2)18-23(15-19)41-3)30(43-27)26-6-10-35-31(37-26)36-20-16-24(33)29(25(34)17-20)42-21-7-11-39(12-8-21)13-9-32/h6,10,14-18,21H,4-5,7-9,11-13H2,1-3H3,(H,35,36,37).